The van der Waals surface area contributed by atoms with E-state index in [1.54, 1.807) is 0 Å². The fourth-order valence-electron chi connectivity index (χ4n) is 3.05. The summed E-state index contributed by atoms with van der Waals surface area (Å²) in [5, 5.41) is 0. The minimum Gasteiger partial charge on any atom is -0.469 e. The zero-order valence-electron chi connectivity index (χ0n) is 10.7. The fourth-order valence-corrected chi connectivity index (χ4v) is 3.05. The van der Waals surface area contributed by atoms with Crippen molar-refractivity contribution in [3.05, 3.63) is 29.5 Å². The van der Waals surface area contributed by atoms with Gasteiger partial charge in [-0.05, 0) is 31.6 Å². The summed E-state index contributed by atoms with van der Waals surface area (Å²) in [7, 11) is 1.39. The smallest absolute Gasteiger partial charge is 0.311 e. The Morgan fingerprint density at radius 3 is 2.94 bits per heavy atom. The molecule has 0 radical (unpaired) electrons. The van der Waals surface area contributed by atoms with Crippen molar-refractivity contribution in [2.24, 2.45) is 11.8 Å². The molecule has 0 aromatic carbocycles. The molecule has 3 rings (SSSR count). The summed E-state index contributed by atoms with van der Waals surface area (Å²) in [5.74, 6) is 2.91. The number of methoxy groups -OCH3 is 1. The highest BCUT2D eigenvalue weighted by Crippen LogP contribution is 2.48. The van der Waals surface area contributed by atoms with E-state index in [-0.39, 0.29) is 12.4 Å². The molecule has 0 spiro atoms. The lowest BCUT2D eigenvalue weighted by Gasteiger charge is -2.13. The average Bonchev–Trinajstić information content (AvgIpc) is 3.05. The van der Waals surface area contributed by atoms with E-state index >= 15 is 0 Å². The molecule has 0 aliphatic heterocycles. The van der Waals surface area contributed by atoms with Gasteiger partial charge in [0.05, 0.1) is 19.2 Å². The number of aryl methyl sites for hydroxylation is 1. The van der Waals surface area contributed by atoms with E-state index in [0.717, 1.165) is 18.1 Å². The summed E-state index contributed by atoms with van der Waals surface area (Å²) in [6.07, 6.45) is 7.12. The molecule has 1 saturated carbocycles. The molecular weight excluding hydrogens is 230 g/mol. The largest absolute Gasteiger partial charge is 0.469 e. The van der Waals surface area contributed by atoms with Crippen LogP contribution in [0.1, 0.15) is 36.1 Å². The summed E-state index contributed by atoms with van der Waals surface area (Å²) < 4.78 is 10.4. The molecular formula is C14H17NO3. The van der Waals surface area contributed by atoms with Crippen molar-refractivity contribution in [1.82, 2.24) is 4.98 Å². The number of esters is 1. The lowest BCUT2D eigenvalue weighted by Crippen LogP contribution is -2.07. The molecule has 96 valence electrons. The van der Waals surface area contributed by atoms with Crippen molar-refractivity contribution in [3.63, 3.8) is 0 Å². The highest BCUT2D eigenvalue weighted by Gasteiger charge is 2.39. The van der Waals surface area contributed by atoms with E-state index in [9.17, 15) is 4.79 Å². The second kappa shape index (κ2) is 4.26. The second-order valence-corrected chi connectivity index (χ2v) is 5.19. The number of nitrogens with zero attached hydrogens (tertiary/aromatic N) is 1. The van der Waals surface area contributed by atoms with Gasteiger partial charge in [0.1, 0.15) is 5.76 Å². The predicted octanol–water partition coefficient (Wildman–Crippen LogP) is 2.38. The number of aromatic nitrogens is 1. The monoisotopic (exact) mass is 247 g/mol. The first-order valence-corrected chi connectivity index (χ1v) is 6.38. The van der Waals surface area contributed by atoms with Crippen molar-refractivity contribution in [2.45, 2.75) is 32.1 Å². The van der Waals surface area contributed by atoms with Crippen LogP contribution in [0.5, 0.6) is 0 Å². The standard InChI is InChI=1S/C14H17NO3/c1-8-12(7-13(16)17-2)15-14(18-8)11-6-9-3-4-10(11)5-9/h3-4,9-11H,5-7H2,1-2H3. The van der Waals surface area contributed by atoms with Gasteiger partial charge < -0.3 is 9.15 Å². The maximum atomic E-state index is 11.3. The SMILES string of the molecule is COC(=O)Cc1nc(C2CC3C=CC2C3)oc1C. The van der Waals surface area contributed by atoms with Crippen LogP contribution in [0.3, 0.4) is 0 Å². The van der Waals surface area contributed by atoms with Crippen molar-refractivity contribution in [1.29, 1.82) is 0 Å². The van der Waals surface area contributed by atoms with Crippen LogP contribution in [0.15, 0.2) is 16.6 Å². The molecule has 2 bridgehead atoms. The Bertz CT molecular complexity index is 503. The van der Waals surface area contributed by atoms with Crippen LogP contribution in [-0.2, 0) is 16.0 Å². The zero-order valence-corrected chi connectivity index (χ0v) is 10.7. The number of hydrogen-bond donors (Lipinski definition) is 0. The normalized spacial score (nSPS) is 28.9. The molecule has 18 heavy (non-hydrogen) atoms. The Hall–Kier alpha value is -1.58. The summed E-state index contributed by atoms with van der Waals surface area (Å²) >= 11 is 0. The number of allylic oxidation sites excluding steroid dienone is 2. The third-order valence-corrected chi connectivity index (χ3v) is 4.04. The quantitative estimate of drug-likeness (QED) is 0.608. The van der Waals surface area contributed by atoms with Crippen molar-refractivity contribution in [3.8, 4) is 0 Å². The fraction of sp³-hybridized carbons (Fsp3) is 0.571. The summed E-state index contributed by atoms with van der Waals surface area (Å²) in [5.41, 5.74) is 0.712. The van der Waals surface area contributed by atoms with E-state index in [1.165, 1.54) is 13.5 Å². The first-order valence-electron chi connectivity index (χ1n) is 6.38. The van der Waals surface area contributed by atoms with E-state index < -0.39 is 0 Å². The van der Waals surface area contributed by atoms with Crippen LogP contribution in [0, 0.1) is 18.8 Å². The van der Waals surface area contributed by atoms with Gasteiger partial charge in [0.15, 0.2) is 5.89 Å². The number of ether oxygens (including phenoxy) is 1. The van der Waals surface area contributed by atoms with E-state index in [2.05, 4.69) is 21.9 Å². The first-order chi connectivity index (χ1) is 8.67. The van der Waals surface area contributed by atoms with Crippen LogP contribution in [-0.4, -0.2) is 18.1 Å². The molecule has 1 heterocycles. The zero-order chi connectivity index (χ0) is 12.7. The molecule has 0 amide bonds. The van der Waals surface area contributed by atoms with Gasteiger partial charge in [0.25, 0.3) is 0 Å². The molecule has 2 aliphatic carbocycles. The van der Waals surface area contributed by atoms with Gasteiger partial charge in [-0.1, -0.05) is 12.2 Å². The topological polar surface area (TPSA) is 52.3 Å². The van der Waals surface area contributed by atoms with Crippen LogP contribution < -0.4 is 0 Å². The average molecular weight is 247 g/mol. The van der Waals surface area contributed by atoms with Crippen LogP contribution in [0.2, 0.25) is 0 Å². The maximum absolute atomic E-state index is 11.3. The molecule has 0 N–H and O–H groups in total. The number of fused-ring (bicyclic) bond motifs is 2. The van der Waals surface area contributed by atoms with Gasteiger partial charge in [0.2, 0.25) is 0 Å². The van der Waals surface area contributed by atoms with Gasteiger partial charge in [-0.15, -0.1) is 0 Å². The van der Waals surface area contributed by atoms with Crippen molar-refractivity contribution >= 4 is 5.97 Å². The number of rotatable bonds is 3. The minimum atomic E-state index is -0.272. The number of oxazole rings is 1. The van der Waals surface area contributed by atoms with E-state index in [4.69, 9.17) is 4.42 Å². The van der Waals surface area contributed by atoms with Crippen LogP contribution >= 0.6 is 0 Å². The maximum Gasteiger partial charge on any atom is 0.311 e. The summed E-state index contributed by atoms with van der Waals surface area (Å²) in [6, 6.07) is 0. The Balaban J connectivity index is 1.80. The van der Waals surface area contributed by atoms with Crippen molar-refractivity contribution in [2.75, 3.05) is 7.11 Å². The summed E-state index contributed by atoms with van der Waals surface area (Å²) in [4.78, 5) is 15.8. The Labute approximate surface area is 106 Å². The van der Waals surface area contributed by atoms with E-state index in [1.807, 2.05) is 6.92 Å². The highest BCUT2D eigenvalue weighted by molar-refractivity contribution is 5.72. The van der Waals surface area contributed by atoms with Gasteiger partial charge in [0, 0.05) is 5.92 Å². The lowest BCUT2D eigenvalue weighted by atomic mass is 9.94. The van der Waals surface area contributed by atoms with E-state index in [0.29, 0.717) is 23.4 Å². The minimum absolute atomic E-state index is 0.197. The first kappa shape index (κ1) is 11.5. The molecule has 4 nitrogen and oxygen atoms in total. The molecule has 3 atom stereocenters. The molecule has 4 heteroatoms. The Morgan fingerprint density at radius 2 is 2.33 bits per heavy atom. The predicted molar refractivity (Wildman–Crippen MR) is 65.1 cm³/mol. The lowest BCUT2D eigenvalue weighted by molar-refractivity contribution is -0.139. The molecule has 1 aromatic heterocycles. The van der Waals surface area contributed by atoms with Crippen LogP contribution in [0.25, 0.3) is 0 Å². The molecule has 1 fully saturated rings. The number of carbonyl (C=O) groups is 1. The van der Waals surface area contributed by atoms with Crippen LogP contribution in [0.4, 0.5) is 0 Å². The van der Waals surface area contributed by atoms with Gasteiger partial charge >= 0.3 is 5.97 Å². The van der Waals surface area contributed by atoms with Gasteiger partial charge in [-0.2, -0.15) is 0 Å². The van der Waals surface area contributed by atoms with Gasteiger partial charge in [-0.3, -0.25) is 4.79 Å². The molecule has 0 saturated heterocycles. The summed E-state index contributed by atoms with van der Waals surface area (Å²) in [6.45, 7) is 1.86. The van der Waals surface area contributed by atoms with Crippen molar-refractivity contribution < 1.29 is 13.9 Å². The second-order valence-electron chi connectivity index (χ2n) is 5.19. The molecule has 2 aliphatic rings. The highest BCUT2D eigenvalue weighted by atomic mass is 16.5. The molecule has 3 unspecified atom stereocenters. The third-order valence-electron chi connectivity index (χ3n) is 4.04. The van der Waals surface area contributed by atoms with Gasteiger partial charge in [-0.25, -0.2) is 4.98 Å². The Kier molecular flexibility index (Phi) is 2.73. The third kappa shape index (κ3) is 1.85. The number of hydrogen-bond acceptors (Lipinski definition) is 4. The number of carbonyl (C=O) groups excluding carboxylic acids is 1. The molecule has 1 aromatic rings. The Morgan fingerprint density at radius 1 is 1.50 bits per heavy atom.